The van der Waals surface area contributed by atoms with Gasteiger partial charge in [-0.2, -0.15) is 0 Å². The minimum atomic E-state index is 0. The predicted octanol–water partition coefficient (Wildman–Crippen LogP) is -0.499. The Balaban J connectivity index is -0.00000000500. The van der Waals surface area contributed by atoms with E-state index in [1.165, 1.54) is 0 Å². The number of rotatable bonds is 0. The van der Waals surface area contributed by atoms with E-state index in [1.54, 1.807) is 16.5 Å². The Kier molecular flexibility index (Phi) is 79.6. The van der Waals surface area contributed by atoms with Crippen molar-refractivity contribution >= 4 is 27.2 Å². The van der Waals surface area contributed by atoms with Crippen LogP contribution in [0.4, 0.5) is 0 Å². The third-order valence-corrected chi connectivity index (χ3v) is 0. The molecule has 0 fully saturated rings. The molecule has 0 aliphatic rings. The maximum atomic E-state index is 4.58. The minimum Gasteiger partial charge on any atom is 0 e. The summed E-state index contributed by atoms with van der Waals surface area (Å²) in [7, 11) is 4.58. The molecule has 4 heavy (non-hydrogen) atoms. The van der Waals surface area contributed by atoms with E-state index in [-0.39, 0.29) is 39.1 Å². The molecule has 0 amide bonds. The molecule has 0 heterocycles. The molecule has 0 radical (unpaired) electrons. The molecule has 0 unspecified atom stereocenters. The second-order valence-electron chi connectivity index (χ2n) is 0. The van der Waals surface area contributed by atoms with Crippen LogP contribution in [-0.2, 0) is 38.2 Å². The zero-order valence-electron chi connectivity index (χ0n) is 1.33. The molecule has 0 spiro atoms. The van der Waals surface area contributed by atoms with E-state index in [0.717, 1.165) is 0 Å². The molecule has 0 aliphatic carbocycles. The van der Waals surface area contributed by atoms with E-state index in [1.807, 2.05) is 0 Å². The summed E-state index contributed by atoms with van der Waals surface area (Å²) in [6, 6.07) is 0. The molecule has 4 heteroatoms. The van der Waals surface area contributed by atoms with Crippen LogP contribution in [0.25, 0.3) is 0 Å². The predicted molar refractivity (Wildman–Crippen MR) is 15.8 cm³/mol. The monoisotopic (exact) mass is 164 g/mol. The van der Waals surface area contributed by atoms with Crippen molar-refractivity contribution in [2.24, 2.45) is 0 Å². The van der Waals surface area contributed by atoms with Crippen LogP contribution in [-0.4, -0.2) is 17.4 Å². The minimum absolute atomic E-state index is 0. The van der Waals surface area contributed by atoms with Crippen molar-refractivity contribution < 1.29 is 38.2 Å². The van der Waals surface area contributed by atoms with Gasteiger partial charge in [-0.15, -0.1) is 0 Å². The van der Waals surface area contributed by atoms with Gasteiger partial charge < -0.3 is 0 Å². The fourth-order valence-corrected chi connectivity index (χ4v) is 0. The maximum absolute atomic E-state index is 4.58. The van der Waals surface area contributed by atoms with Crippen LogP contribution < -0.4 is 0 Å². The fraction of sp³-hybridized carbons (Fsp3) is 0. The van der Waals surface area contributed by atoms with Crippen LogP contribution in [0.1, 0.15) is 0 Å². The second kappa shape index (κ2) is 19.3. The van der Waals surface area contributed by atoms with Crippen LogP contribution in [0.15, 0.2) is 0 Å². The standard InChI is InChI=1S/Al.ClH.Ti.V.3H/h;1H;;;;;/q;;;+1;;;/p-1. The molecule has 0 bridgehead atoms. The molecule has 0 aliphatic heterocycles. The first-order valence-corrected chi connectivity index (χ1v) is 2.09. The summed E-state index contributed by atoms with van der Waals surface area (Å²) in [6.45, 7) is 0. The molecular formula is H3AlClTiV. The average molecular weight is 164 g/mol. The first-order valence-electron chi connectivity index (χ1n) is 0.169. The van der Waals surface area contributed by atoms with Gasteiger partial charge >= 0.3 is 26.3 Å². The van der Waals surface area contributed by atoms with E-state index in [9.17, 15) is 0 Å². The average Bonchev–Trinajstić information content (AvgIpc) is 1.00. The van der Waals surface area contributed by atoms with Gasteiger partial charge in [0.05, 0.1) is 0 Å². The molecule has 0 aromatic rings. The van der Waals surface area contributed by atoms with Gasteiger partial charge in [0.15, 0.2) is 17.4 Å². The smallest absolute Gasteiger partial charge is 0 e. The van der Waals surface area contributed by atoms with E-state index >= 15 is 0 Å². The number of hydrogen-bond donors (Lipinski definition) is 0. The molecule has 0 rings (SSSR count). The van der Waals surface area contributed by atoms with Gasteiger partial charge in [0.1, 0.15) is 0 Å². The van der Waals surface area contributed by atoms with Crippen molar-refractivity contribution in [1.29, 1.82) is 0 Å². The Labute approximate surface area is 64.8 Å². The number of halogens is 1. The Bertz CT molecular complexity index is 8.00. The summed E-state index contributed by atoms with van der Waals surface area (Å²) in [6.07, 6.45) is 0. The van der Waals surface area contributed by atoms with Crippen molar-refractivity contribution in [3.8, 4) is 0 Å². The Morgan fingerprint density at radius 3 is 1.25 bits per heavy atom. The summed E-state index contributed by atoms with van der Waals surface area (Å²) in [5.41, 5.74) is 0. The first-order chi connectivity index (χ1) is 1.00. The summed E-state index contributed by atoms with van der Waals surface area (Å²) >= 11 is 1.78. The van der Waals surface area contributed by atoms with Gasteiger partial charge in [0.25, 0.3) is 0 Å². The van der Waals surface area contributed by atoms with Crippen LogP contribution >= 0.6 is 9.85 Å². The molecule has 0 saturated carbocycles. The van der Waals surface area contributed by atoms with Gasteiger partial charge in [0.2, 0.25) is 0 Å². The van der Waals surface area contributed by atoms with Crippen molar-refractivity contribution in [2.75, 3.05) is 0 Å². The normalized spacial score (nSPS) is 1.25. The summed E-state index contributed by atoms with van der Waals surface area (Å²) in [5, 5.41) is 0. The van der Waals surface area contributed by atoms with Gasteiger partial charge in [-0.1, -0.05) is 0 Å². The molecule has 0 aromatic heterocycles. The molecular weight excluding hydrogens is 161 g/mol. The van der Waals surface area contributed by atoms with Crippen LogP contribution in [0.3, 0.4) is 0 Å². The Hall–Kier alpha value is 2.12. The van der Waals surface area contributed by atoms with Gasteiger partial charge in [-0.25, -0.2) is 0 Å². The molecule has 0 aromatic carbocycles. The molecule has 0 N–H and O–H groups in total. The van der Waals surface area contributed by atoms with E-state index in [0.29, 0.717) is 0 Å². The second-order valence-corrected chi connectivity index (χ2v) is 0. The molecule has 22 valence electrons. The van der Waals surface area contributed by atoms with Crippen LogP contribution in [0.2, 0.25) is 0 Å². The van der Waals surface area contributed by atoms with E-state index in [4.69, 9.17) is 0 Å². The number of hydrogen-bond acceptors (Lipinski definition) is 0. The molecule has 0 nitrogen and oxygen atoms in total. The topological polar surface area (TPSA) is 0 Å². The van der Waals surface area contributed by atoms with Crippen LogP contribution in [0.5, 0.6) is 0 Å². The van der Waals surface area contributed by atoms with Crippen LogP contribution in [0, 0.1) is 0 Å². The fourth-order valence-electron chi connectivity index (χ4n) is 0. The van der Waals surface area contributed by atoms with Gasteiger partial charge in [-0.05, 0) is 0 Å². The largest absolute Gasteiger partial charge is 0 e. The van der Waals surface area contributed by atoms with E-state index in [2.05, 4.69) is 9.85 Å². The Morgan fingerprint density at radius 1 is 1.25 bits per heavy atom. The SMILES string of the molecule is [AlH3].[Cl][V].[Ti]. The summed E-state index contributed by atoms with van der Waals surface area (Å²) in [5.74, 6) is 0. The summed E-state index contributed by atoms with van der Waals surface area (Å²) in [4.78, 5) is 0. The molecule has 0 saturated heterocycles. The Morgan fingerprint density at radius 2 is 1.25 bits per heavy atom. The zero-order valence-corrected chi connectivity index (χ0v) is 5.04. The van der Waals surface area contributed by atoms with Gasteiger partial charge in [0, 0.05) is 21.7 Å². The van der Waals surface area contributed by atoms with Crippen molar-refractivity contribution in [1.82, 2.24) is 0 Å². The quantitative estimate of drug-likeness (QED) is 0.423. The zero-order chi connectivity index (χ0) is 2.00. The first kappa shape index (κ1) is 16.5. The third-order valence-electron chi connectivity index (χ3n) is 0. The van der Waals surface area contributed by atoms with Crippen molar-refractivity contribution in [3.63, 3.8) is 0 Å². The summed E-state index contributed by atoms with van der Waals surface area (Å²) < 4.78 is 0. The van der Waals surface area contributed by atoms with E-state index < -0.39 is 0 Å². The third kappa shape index (κ3) is 8.92. The van der Waals surface area contributed by atoms with Crippen molar-refractivity contribution in [2.45, 2.75) is 0 Å². The maximum Gasteiger partial charge on any atom is 0 e. The van der Waals surface area contributed by atoms with Gasteiger partial charge in [-0.3, -0.25) is 0 Å². The van der Waals surface area contributed by atoms with Crippen molar-refractivity contribution in [3.05, 3.63) is 0 Å². The molecule has 0 atom stereocenters.